The highest BCUT2D eigenvalue weighted by Crippen LogP contribution is 2.22. The Morgan fingerprint density at radius 3 is 2.21 bits per heavy atom. The molecule has 1 saturated heterocycles. The van der Waals surface area contributed by atoms with Gasteiger partial charge in [0.05, 0.1) is 4.90 Å². The standard InChI is InChI=1S/C21H27N3O3S/c1-16(18-8-4-3-5-9-18)22-17(2)21(25)23-19-10-12-20(13-11-19)28(26,27)24-14-6-7-15-24/h3-5,8-13,16-17,22H,6-7,14-15H2,1-2H3,(H,23,25)/p+1/t16-,17+/m1/s1. The maximum atomic E-state index is 12.6. The van der Waals surface area contributed by atoms with Gasteiger partial charge in [-0.15, -0.1) is 0 Å². The smallest absolute Gasteiger partial charge is 0.282 e. The normalized spacial score (nSPS) is 17.2. The van der Waals surface area contributed by atoms with Crippen molar-refractivity contribution in [1.29, 1.82) is 0 Å². The molecule has 2 aromatic carbocycles. The Morgan fingerprint density at radius 1 is 1.00 bits per heavy atom. The third kappa shape index (κ3) is 4.79. The average molecular weight is 403 g/mol. The third-order valence-electron chi connectivity index (χ3n) is 5.14. The molecule has 1 fully saturated rings. The SMILES string of the molecule is C[C@H]([NH2+][C@H](C)c1ccccc1)C(=O)Nc1ccc(S(=O)(=O)N2CCCC2)cc1. The number of anilines is 1. The molecule has 0 unspecified atom stereocenters. The van der Waals surface area contributed by atoms with Gasteiger partial charge in [-0.05, 0) is 51.0 Å². The topological polar surface area (TPSA) is 83.1 Å². The molecule has 0 radical (unpaired) electrons. The Balaban J connectivity index is 1.59. The van der Waals surface area contributed by atoms with Crippen LogP contribution in [-0.4, -0.2) is 37.8 Å². The molecule has 1 aliphatic heterocycles. The summed E-state index contributed by atoms with van der Waals surface area (Å²) in [4.78, 5) is 12.8. The fraction of sp³-hybridized carbons (Fsp3) is 0.381. The van der Waals surface area contributed by atoms with Crippen LogP contribution in [0, 0.1) is 0 Å². The molecule has 1 aliphatic rings. The van der Waals surface area contributed by atoms with Crippen molar-refractivity contribution in [2.24, 2.45) is 0 Å². The number of carbonyl (C=O) groups is 1. The first-order chi connectivity index (χ1) is 13.4. The molecule has 0 spiro atoms. The van der Waals surface area contributed by atoms with Gasteiger partial charge in [0, 0.05) is 24.3 Å². The summed E-state index contributed by atoms with van der Waals surface area (Å²) in [5.41, 5.74) is 1.76. The largest absolute Gasteiger partial charge is 0.330 e. The molecule has 0 bridgehead atoms. The summed E-state index contributed by atoms with van der Waals surface area (Å²) in [6.45, 7) is 5.08. The number of hydrogen-bond acceptors (Lipinski definition) is 3. The molecule has 2 aromatic rings. The summed E-state index contributed by atoms with van der Waals surface area (Å²) in [5.74, 6) is -0.113. The van der Waals surface area contributed by atoms with E-state index in [1.54, 1.807) is 24.3 Å². The van der Waals surface area contributed by atoms with E-state index < -0.39 is 10.0 Å². The van der Waals surface area contributed by atoms with Crippen molar-refractivity contribution in [3.05, 3.63) is 60.2 Å². The summed E-state index contributed by atoms with van der Waals surface area (Å²) in [6.07, 6.45) is 1.81. The maximum absolute atomic E-state index is 12.6. The van der Waals surface area contributed by atoms with Gasteiger partial charge < -0.3 is 10.6 Å². The second-order valence-electron chi connectivity index (χ2n) is 7.31. The summed E-state index contributed by atoms with van der Waals surface area (Å²) in [5, 5.41) is 4.88. The number of quaternary nitrogens is 1. The molecule has 6 nitrogen and oxygen atoms in total. The Kier molecular flexibility index (Phi) is 6.49. The number of amides is 1. The molecule has 2 atom stereocenters. The zero-order chi connectivity index (χ0) is 20.1. The molecular formula is C21H28N3O3S+. The Bertz CT molecular complexity index is 892. The van der Waals surface area contributed by atoms with Crippen molar-refractivity contribution in [1.82, 2.24) is 4.31 Å². The number of rotatable bonds is 7. The van der Waals surface area contributed by atoms with Crippen LogP contribution in [0.15, 0.2) is 59.5 Å². The summed E-state index contributed by atoms with van der Waals surface area (Å²) >= 11 is 0. The fourth-order valence-electron chi connectivity index (χ4n) is 3.43. The van der Waals surface area contributed by atoms with Crippen LogP contribution in [0.4, 0.5) is 5.69 Å². The summed E-state index contributed by atoms with van der Waals surface area (Å²) in [7, 11) is -3.43. The lowest BCUT2D eigenvalue weighted by Gasteiger charge is -2.17. The summed E-state index contributed by atoms with van der Waals surface area (Å²) in [6, 6.07) is 16.3. The van der Waals surface area contributed by atoms with Crippen molar-refractivity contribution in [2.75, 3.05) is 18.4 Å². The van der Waals surface area contributed by atoms with Crippen molar-refractivity contribution < 1.29 is 18.5 Å². The second-order valence-corrected chi connectivity index (χ2v) is 9.24. The lowest BCUT2D eigenvalue weighted by atomic mass is 10.1. The van der Waals surface area contributed by atoms with E-state index in [2.05, 4.69) is 12.2 Å². The van der Waals surface area contributed by atoms with Crippen LogP contribution in [0.3, 0.4) is 0 Å². The first-order valence-electron chi connectivity index (χ1n) is 9.69. The van der Waals surface area contributed by atoms with E-state index in [1.165, 1.54) is 9.87 Å². The van der Waals surface area contributed by atoms with Crippen LogP contribution < -0.4 is 10.6 Å². The molecule has 3 N–H and O–H groups in total. The predicted molar refractivity (Wildman–Crippen MR) is 109 cm³/mol. The number of nitrogens with zero attached hydrogens (tertiary/aromatic N) is 1. The van der Waals surface area contributed by atoms with Gasteiger partial charge in [-0.25, -0.2) is 8.42 Å². The van der Waals surface area contributed by atoms with E-state index in [9.17, 15) is 13.2 Å². The van der Waals surface area contributed by atoms with Crippen molar-refractivity contribution >= 4 is 21.6 Å². The molecule has 0 aromatic heterocycles. The van der Waals surface area contributed by atoms with Crippen LogP contribution >= 0.6 is 0 Å². The van der Waals surface area contributed by atoms with Gasteiger partial charge in [0.2, 0.25) is 10.0 Å². The van der Waals surface area contributed by atoms with Gasteiger partial charge in [-0.3, -0.25) is 4.79 Å². The van der Waals surface area contributed by atoms with Crippen LogP contribution in [0.25, 0.3) is 0 Å². The molecule has 7 heteroatoms. The fourth-order valence-corrected chi connectivity index (χ4v) is 4.95. The van der Waals surface area contributed by atoms with E-state index in [4.69, 9.17) is 0 Å². The minimum Gasteiger partial charge on any atom is -0.330 e. The van der Waals surface area contributed by atoms with Crippen LogP contribution in [0.5, 0.6) is 0 Å². The lowest BCUT2D eigenvalue weighted by molar-refractivity contribution is -0.709. The van der Waals surface area contributed by atoms with Gasteiger partial charge in [-0.2, -0.15) is 4.31 Å². The average Bonchev–Trinajstić information content (AvgIpc) is 3.25. The highest BCUT2D eigenvalue weighted by molar-refractivity contribution is 7.89. The molecule has 28 heavy (non-hydrogen) atoms. The number of hydrogen-bond donors (Lipinski definition) is 2. The first-order valence-corrected chi connectivity index (χ1v) is 11.1. The first kappa shape index (κ1) is 20.5. The van der Waals surface area contributed by atoms with Crippen molar-refractivity contribution in [2.45, 2.75) is 43.7 Å². The predicted octanol–water partition coefficient (Wildman–Crippen LogP) is 2.12. The summed E-state index contributed by atoms with van der Waals surface area (Å²) < 4.78 is 26.6. The van der Waals surface area contributed by atoms with Gasteiger partial charge in [-0.1, -0.05) is 30.3 Å². The molecule has 1 heterocycles. The lowest BCUT2D eigenvalue weighted by Crippen LogP contribution is -2.91. The molecule has 150 valence electrons. The Morgan fingerprint density at radius 2 is 1.61 bits per heavy atom. The molecule has 3 rings (SSSR count). The Hall–Kier alpha value is -2.22. The number of carbonyl (C=O) groups excluding carboxylic acids is 1. The number of nitrogens with two attached hydrogens (primary N) is 1. The van der Waals surface area contributed by atoms with E-state index in [0.29, 0.717) is 18.8 Å². The molecule has 0 saturated carbocycles. The zero-order valence-electron chi connectivity index (χ0n) is 16.3. The quantitative estimate of drug-likeness (QED) is 0.744. The minimum atomic E-state index is -3.43. The number of nitrogens with one attached hydrogen (secondary N) is 1. The molecular weight excluding hydrogens is 374 g/mol. The number of sulfonamides is 1. The zero-order valence-corrected chi connectivity index (χ0v) is 17.2. The molecule has 1 amide bonds. The van der Waals surface area contributed by atoms with Crippen molar-refractivity contribution in [3.63, 3.8) is 0 Å². The van der Waals surface area contributed by atoms with Crippen LogP contribution in [0.2, 0.25) is 0 Å². The van der Waals surface area contributed by atoms with Gasteiger partial charge in [0.25, 0.3) is 5.91 Å². The van der Waals surface area contributed by atoms with Gasteiger partial charge >= 0.3 is 0 Å². The molecule has 0 aliphatic carbocycles. The minimum absolute atomic E-state index is 0.113. The van der Waals surface area contributed by atoms with E-state index in [1.807, 2.05) is 42.6 Å². The van der Waals surface area contributed by atoms with Crippen LogP contribution in [-0.2, 0) is 14.8 Å². The second kappa shape index (κ2) is 8.86. The van der Waals surface area contributed by atoms with Gasteiger partial charge in [0.1, 0.15) is 6.04 Å². The third-order valence-corrected chi connectivity index (χ3v) is 7.05. The van der Waals surface area contributed by atoms with Crippen molar-refractivity contribution in [3.8, 4) is 0 Å². The van der Waals surface area contributed by atoms with E-state index in [-0.39, 0.29) is 22.9 Å². The highest BCUT2D eigenvalue weighted by Gasteiger charge is 2.27. The van der Waals surface area contributed by atoms with Gasteiger partial charge in [0.15, 0.2) is 6.04 Å². The highest BCUT2D eigenvalue weighted by atomic mass is 32.2. The van der Waals surface area contributed by atoms with E-state index in [0.717, 1.165) is 12.8 Å². The van der Waals surface area contributed by atoms with E-state index >= 15 is 0 Å². The maximum Gasteiger partial charge on any atom is 0.282 e. The Labute approximate surface area is 167 Å². The number of benzene rings is 2. The monoisotopic (exact) mass is 402 g/mol. The van der Waals surface area contributed by atoms with Crippen LogP contribution in [0.1, 0.15) is 38.3 Å².